The number of hydrogen-bond acceptors (Lipinski definition) is 0. The maximum Gasteiger partial charge on any atom is 0.143 e. The van der Waals surface area contributed by atoms with E-state index in [-0.39, 0.29) is 10.0 Å². The van der Waals surface area contributed by atoms with Crippen LogP contribution in [0.3, 0.4) is 0 Å². The predicted molar refractivity (Wildman–Crippen MR) is 289 cm³/mol. The largest absolute Gasteiger partial charge is 0.361 e. The Bertz CT molecular complexity index is 4170. The first-order chi connectivity index (χ1) is 33.8. The van der Waals surface area contributed by atoms with Crippen LogP contribution in [-0.2, 0) is 0 Å². The van der Waals surface area contributed by atoms with Gasteiger partial charge in [-0.05, 0) is 152 Å². The van der Waals surface area contributed by atoms with Gasteiger partial charge in [-0.3, -0.25) is 0 Å². The van der Waals surface area contributed by atoms with Crippen LogP contribution in [0.2, 0.25) is 10.0 Å². The minimum Gasteiger partial charge on any atom is -0.361 e. The lowest BCUT2D eigenvalue weighted by Gasteiger charge is -2.11. The minimum absolute atomic E-state index is 0.127. The van der Waals surface area contributed by atoms with Gasteiger partial charge in [0.1, 0.15) is 16.7 Å². The lowest BCUT2D eigenvalue weighted by atomic mass is 10.1. The summed E-state index contributed by atoms with van der Waals surface area (Å²) in [6, 6.07) is 70.1. The fraction of sp³-hybridized carbons (Fsp3) is 0. The van der Waals surface area contributed by atoms with Crippen molar-refractivity contribution in [3.05, 3.63) is 245 Å². The summed E-state index contributed by atoms with van der Waals surface area (Å²) in [5.74, 6) is -0.816. The predicted octanol–water partition coefficient (Wildman–Crippen LogP) is 18.3. The molecule has 9 heteroatoms. The molecule has 14 rings (SSSR count). The number of hydrogen-bond donors (Lipinski definition) is 1. The van der Waals surface area contributed by atoms with E-state index in [0.29, 0.717) is 10.2 Å². The molecule has 0 aliphatic carbocycles. The third kappa shape index (κ3) is 7.51. The summed E-state index contributed by atoms with van der Waals surface area (Å²) in [6.45, 7) is 0. The lowest BCUT2D eigenvalue weighted by Crippen LogP contribution is -1.95. The third-order valence-electron chi connectivity index (χ3n) is 12.9. The molecule has 0 atom stereocenters. The van der Waals surface area contributed by atoms with Gasteiger partial charge in [0.15, 0.2) is 0 Å². The minimum atomic E-state index is -0.419. The van der Waals surface area contributed by atoms with Crippen molar-refractivity contribution in [3.63, 3.8) is 0 Å². The van der Waals surface area contributed by atoms with Crippen molar-refractivity contribution in [3.8, 4) is 17.1 Å². The molecule has 4 aromatic heterocycles. The van der Waals surface area contributed by atoms with Gasteiger partial charge in [-0.2, -0.15) is 0 Å². The van der Waals surface area contributed by atoms with Crippen LogP contribution in [-0.4, -0.2) is 18.7 Å². The quantitative estimate of drug-likeness (QED) is 0.171. The highest BCUT2D eigenvalue weighted by Gasteiger charge is 2.15. The Morgan fingerprint density at radius 3 is 1.42 bits per heavy atom. The van der Waals surface area contributed by atoms with Crippen LogP contribution >= 0.6 is 39.1 Å². The summed E-state index contributed by atoms with van der Waals surface area (Å²) < 4.78 is 33.7. The van der Waals surface area contributed by atoms with Crippen molar-refractivity contribution < 1.29 is 8.78 Å². The maximum atomic E-state index is 14.1. The Kier molecular flexibility index (Phi) is 10.8. The third-order valence-corrected chi connectivity index (χ3v) is 14.5. The summed E-state index contributed by atoms with van der Waals surface area (Å²) in [7, 11) is 0. The summed E-state index contributed by atoms with van der Waals surface area (Å²) in [4.78, 5) is 3.30. The monoisotopic (exact) mass is 1000 g/mol. The second-order valence-corrected chi connectivity index (χ2v) is 18.5. The second kappa shape index (κ2) is 17.4. The molecule has 0 aliphatic rings. The number of H-pyrrole nitrogens is 1. The van der Waals surface area contributed by atoms with E-state index in [1.807, 2.05) is 29.1 Å². The molecule has 69 heavy (non-hydrogen) atoms. The van der Waals surface area contributed by atoms with Crippen LogP contribution in [0.4, 0.5) is 8.78 Å². The van der Waals surface area contributed by atoms with E-state index < -0.39 is 11.6 Å². The first-order valence-corrected chi connectivity index (χ1v) is 23.9. The molecule has 0 saturated heterocycles. The fourth-order valence-corrected chi connectivity index (χ4v) is 10.4. The molecule has 0 fully saturated rings. The molecule has 4 nitrogen and oxygen atoms in total. The molecule has 0 bridgehead atoms. The zero-order valence-corrected chi connectivity index (χ0v) is 39.6. The van der Waals surface area contributed by atoms with E-state index in [1.165, 1.54) is 83.1 Å². The number of rotatable bonds is 3. The number of nitrogens with zero attached hydrogens (tertiary/aromatic N) is 3. The van der Waals surface area contributed by atoms with Gasteiger partial charge in [0.05, 0.1) is 38.3 Å². The van der Waals surface area contributed by atoms with E-state index >= 15 is 0 Å². The Balaban J connectivity index is 0.000000124. The Hall–Kier alpha value is -7.68. The van der Waals surface area contributed by atoms with Crippen LogP contribution in [0.25, 0.3) is 104 Å². The number of aromatic nitrogens is 4. The topological polar surface area (TPSA) is 30.6 Å². The van der Waals surface area contributed by atoms with Crippen LogP contribution in [0.5, 0.6) is 0 Å². The van der Waals surface area contributed by atoms with E-state index in [0.717, 1.165) is 27.4 Å². The molecule has 10 aromatic carbocycles. The normalized spacial score (nSPS) is 11.6. The SMILES string of the molecule is Fc1cccc(-n2ccc3cc4cc(-n5c6ccccc6c6ccccc65)ccc4cc32)c1Cl.Fc1cccc(Br)c1Cl.c1ccc2c(c1)c1ccccc1n2-c1ccc2cc3[nH]ccc3cc2c1. The molecule has 0 amide bonds. The van der Waals surface area contributed by atoms with E-state index in [1.54, 1.807) is 18.2 Å². The lowest BCUT2D eigenvalue weighted by molar-refractivity contribution is 0.627. The molecule has 332 valence electrons. The van der Waals surface area contributed by atoms with Crippen molar-refractivity contribution in [2.45, 2.75) is 0 Å². The van der Waals surface area contributed by atoms with Gasteiger partial charge in [-0.1, -0.05) is 120 Å². The fourth-order valence-electron chi connectivity index (χ4n) is 9.70. The molecule has 14 aromatic rings. The van der Waals surface area contributed by atoms with Crippen molar-refractivity contribution in [1.82, 2.24) is 18.7 Å². The molecular formula is C60H37BrCl2F2N4. The van der Waals surface area contributed by atoms with E-state index in [4.69, 9.17) is 23.2 Å². The number of benzene rings is 10. The summed E-state index contributed by atoms with van der Waals surface area (Å²) in [6.07, 6.45) is 3.94. The Morgan fingerprint density at radius 2 is 0.884 bits per heavy atom. The van der Waals surface area contributed by atoms with Gasteiger partial charge in [0.25, 0.3) is 0 Å². The summed E-state index contributed by atoms with van der Waals surface area (Å²) >= 11 is 14.8. The van der Waals surface area contributed by atoms with E-state index in [2.05, 4.69) is 194 Å². The molecule has 0 unspecified atom stereocenters. The highest BCUT2D eigenvalue weighted by atomic mass is 79.9. The first-order valence-electron chi connectivity index (χ1n) is 22.4. The van der Waals surface area contributed by atoms with Gasteiger partial charge in [-0.25, -0.2) is 8.78 Å². The number of para-hydroxylation sites is 4. The first kappa shape index (κ1) is 42.7. The zero-order valence-electron chi connectivity index (χ0n) is 36.5. The van der Waals surface area contributed by atoms with Gasteiger partial charge in [-0.15, -0.1) is 0 Å². The number of nitrogens with one attached hydrogen (secondary N) is 1. The van der Waals surface area contributed by atoms with Crippen LogP contribution in [0.1, 0.15) is 0 Å². The molecular weight excluding hydrogens is 965 g/mol. The van der Waals surface area contributed by atoms with Gasteiger partial charge in [0.2, 0.25) is 0 Å². The maximum absolute atomic E-state index is 14.1. The van der Waals surface area contributed by atoms with Crippen LogP contribution < -0.4 is 0 Å². The van der Waals surface area contributed by atoms with Crippen molar-refractivity contribution in [2.75, 3.05) is 0 Å². The smallest absolute Gasteiger partial charge is 0.143 e. The average Bonchev–Trinajstić information content (AvgIpc) is 4.17. The second-order valence-electron chi connectivity index (χ2n) is 16.9. The average molecular weight is 1000 g/mol. The van der Waals surface area contributed by atoms with Crippen molar-refractivity contribution in [2.24, 2.45) is 0 Å². The number of halogens is 5. The molecule has 0 spiro atoms. The van der Waals surface area contributed by atoms with Crippen molar-refractivity contribution in [1.29, 1.82) is 0 Å². The zero-order chi connectivity index (χ0) is 46.8. The standard InChI is InChI=1S/C30H18ClFN2.C24H16N2.C6H3BrClF/c31-30-25(32)8-5-11-28(30)33-15-14-20-16-21-17-22(13-12-19(21)18-29(20)33)34-26-9-3-1-6-23(26)24-7-2-4-10-27(24)34;1-3-7-23-20(5-1)21-6-2-4-8-24(21)26(23)19-10-9-16-15-22-17(11-12-25-22)13-18(16)14-19;7-4-2-1-3-5(9)6(4)8/h1-18H;1-15,25H;1-3H. The van der Waals surface area contributed by atoms with Gasteiger partial charge < -0.3 is 18.7 Å². The highest BCUT2D eigenvalue weighted by molar-refractivity contribution is 9.10. The Morgan fingerprint density at radius 1 is 0.391 bits per heavy atom. The van der Waals surface area contributed by atoms with Crippen LogP contribution in [0.15, 0.2) is 223 Å². The Labute approximate surface area is 412 Å². The van der Waals surface area contributed by atoms with E-state index in [9.17, 15) is 8.78 Å². The molecule has 0 radical (unpaired) electrons. The van der Waals surface area contributed by atoms with Gasteiger partial charge >= 0.3 is 0 Å². The molecule has 1 N–H and O–H groups in total. The number of aromatic amines is 1. The van der Waals surface area contributed by atoms with Crippen molar-refractivity contribution >= 4 is 126 Å². The summed E-state index contributed by atoms with van der Waals surface area (Å²) in [5, 5.41) is 12.5. The molecule has 0 aliphatic heterocycles. The number of fused-ring (bicyclic) bond motifs is 10. The summed E-state index contributed by atoms with van der Waals surface area (Å²) in [5.41, 5.74) is 10.0. The highest BCUT2D eigenvalue weighted by Crippen LogP contribution is 2.37. The van der Waals surface area contributed by atoms with Crippen LogP contribution in [0, 0.1) is 11.6 Å². The molecule has 4 heterocycles. The molecule has 0 saturated carbocycles. The van der Waals surface area contributed by atoms with Gasteiger partial charge in [0, 0.05) is 60.7 Å².